The van der Waals surface area contributed by atoms with Crippen molar-refractivity contribution in [3.63, 3.8) is 0 Å². The van der Waals surface area contributed by atoms with Crippen LogP contribution in [0, 0.1) is 0 Å². The van der Waals surface area contributed by atoms with Crippen LogP contribution in [-0.2, 0) is 9.59 Å². The molecular formula is C18H18N2O4. The largest absolute Gasteiger partial charge is 0.465 e. The van der Waals surface area contributed by atoms with E-state index in [0.717, 1.165) is 0 Å². The van der Waals surface area contributed by atoms with Crippen molar-refractivity contribution in [1.29, 1.82) is 0 Å². The van der Waals surface area contributed by atoms with Gasteiger partial charge in [0.25, 0.3) is 0 Å². The van der Waals surface area contributed by atoms with E-state index in [9.17, 15) is 9.59 Å². The van der Waals surface area contributed by atoms with Crippen LogP contribution in [0.25, 0.3) is 12.2 Å². The molecule has 0 unspecified atom stereocenters. The number of hydrogen-bond acceptors (Lipinski definition) is 4. The van der Waals surface area contributed by atoms with E-state index in [1.165, 1.54) is 12.2 Å². The molecule has 0 atom stereocenters. The van der Waals surface area contributed by atoms with Crippen molar-refractivity contribution in [1.82, 2.24) is 9.80 Å². The van der Waals surface area contributed by atoms with Gasteiger partial charge in [0, 0.05) is 38.3 Å². The zero-order valence-electron chi connectivity index (χ0n) is 13.1. The van der Waals surface area contributed by atoms with Crippen LogP contribution in [0.15, 0.2) is 57.8 Å². The third-order valence-electron chi connectivity index (χ3n) is 3.77. The Morgan fingerprint density at radius 1 is 0.792 bits per heavy atom. The average Bonchev–Trinajstić information content (AvgIpc) is 3.31. The van der Waals surface area contributed by atoms with E-state index in [2.05, 4.69) is 0 Å². The number of furan rings is 2. The quantitative estimate of drug-likeness (QED) is 0.809. The maximum absolute atomic E-state index is 12.1. The van der Waals surface area contributed by atoms with Gasteiger partial charge in [-0.3, -0.25) is 9.59 Å². The minimum Gasteiger partial charge on any atom is -0.465 e. The fraction of sp³-hybridized carbons (Fsp3) is 0.222. The van der Waals surface area contributed by atoms with Gasteiger partial charge in [-0.15, -0.1) is 0 Å². The third-order valence-corrected chi connectivity index (χ3v) is 3.77. The molecule has 1 fully saturated rings. The van der Waals surface area contributed by atoms with Gasteiger partial charge < -0.3 is 18.6 Å². The van der Waals surface area contributed by atoms with E-state index in [-0.39, 0.29) is 11.8 Å². The van der Waals surface area contributed by atoms with Crippen molar-refractivity contribution in [3.05, 3.63) is 60.5 Å². The highest BCUT2D eigenvalue weighted by Gasteiger charge is 2.21. The molecule has 3 rings (SSSR count). The lowest BCUT2D eigenvalue weighted by molar-refractivity contribution is -0.133. The normalized spacial score (nSPS) is 15.5. The molecule has 2 amide bonds. The number of piperazine rings is 1. The molecule has 0 spiro atoms. The summed E-state index contributed by atoms with van der Waals surface area (Å²) in [6, 6.07) is 7.10. The molecule has 0 aromatic carbocycles. The summed E-state index contributed by atoms with van der Waals surface area (Å²) in [5, 5.41) is 0. The standard InChI is InChI=1S/C18H18N2O4/c21-17(7-5-15-3-1-13-23-15)19-9-11-20(12-10-19)18(22)8-6-16-4-2-14-24-16/h1-8,13-14H,9-12H2. The van der Waals surface area contributed by atoms with Crippen molar-refractivity contribution in [2.75, 3.05) is 26.2 Å². The van der Waals surface area contributed by atoms with E-state index in [1.807, 2.05) is 0 Å². The van der Waals surface area contributed by atoms with Crippen molar-refractivity contribution in [2.24, 2.45) is 0 Å². The molecule has 1 aliphatic rings. The van der Waals surface area contributed by atoms with Crippen molar-refractivity contribution in [2.45, 2.75) is 0 Å². The molecule has 1 saturated heterocycles. The van der Waals surface area contributed by atoms with Crippen LogP contribution < -0.4 is 0 Å². The van der Waals surface area contributed by atoms with Crippen molar-refractivity contribution < 1.29 is 18.4 Å². The topological polar surface area (TPSA) is 66.9 Å². The summed E-state index contributed by atoms with van der Waals surface area (Å²) in [5.41, 5.74) is 0. The summed E-state index contributed by atoms with van der Waals surface area (Å²) in [6.07, 6.45) is 9.40. The molecule has 1 aliphatic heterocycles. The highest BCUT2D eigenvalue weighted by atomic mass is 16.3. The highest BCUT2D eigenvalue weighted by Crippen LogP contribution is 2.08. The Labute approximate surface area is 139 Å². The number of carbonyl (C=O) groups is 2. The lowest BCUT2D eigenvalue weighted by Gasteiger charge is -2.33. The second-order valence-corrected chi connectivity index (χ2v) is 5.35. The second-order valence-electron chi connectivity index (χ2n) is 5.35. The molecule has 124 valence electrons. The molecule has 6 heteroatoms. The summed E-state index contributed by atoms with van der Waals surface area (Å²) in [7, 11) is 0. The Morgan fingerprint density at radius 3 is 1.54 bits per heavy atom. The average molecular weight is 326 g/mol. The van der Waals surface area contributed by atoms with Crippen molar-refractivity contribution >= 4 is 24.0 Å². The number of nitrogens with zero attached hydrogens (tertiary/aromatic N) is 2. The summed E-state index contributed by atoms with van der Waals surface area (Å²) >= 11 is 0. The fourth-order valence-electron chi connectivity index (χ4n) is 2.44. The first-order valence-corrected chi connectivity index (χ1v) is 7.73. The first-order chi connectivity index (χ1) is 11.7. The van der Waals surface area contributed by atoms with E-state index < -0.39 is 0 Å². The molecule has 0 aliphatic carbocycles. The molecule has 0 bridgehead atoms. The lowest BCUT2D eigenvalue weighted by atomic mass is 10.2. The van der Waals surface area contributed by atoms with Crippen molar-refractivity contribution in [3.8, 4) is 0 Å². The Hall–Kier alpha value is -3.02. The fourth-order valence-corrected chi connectivity index (χ4v) is 2.44. The summed E-state index contributed by atoms with van der Waals surface area (Å²) in [6.45, 7) is 2.06. The van der Waals surface area contributed by atoms with Gasteiger partial charge >= 0.3 is 0 Å². The number of rotatable bonds is 4. The van der Waals surface area contributed by atoms with Gasteiger partial charge in [-0.25, -0.2) is 0 Å². The van der Waals surface area contributed by atoms with E-state index in [0.29, 0.717) is 37.7 Å². The summed E-state index contributed by atoms with van der Waals surface area (Å²) < 4.78 is 10.3. The molecule has 3 heterocycles. The molecule has 0 N–H and O–H groups in total. The van der Waals surface area contributed by atoms with Gasteiger partial charge in [-0.05, 0) is 36.4 Å². The zero-order valence-corrected chi connectivity index (χ0v) is 13.1. The second kappa shape index (κ2) is 7.50. The molecule has 6 nitrogen and oxygen atoms in total. The molecule has 24 heavy (non-hydrogen) atoms. The zero-order chi connectivity index (χ0) is 16.8. The Bertz CT molecular complexity index is 657. The predicted molar refractivity (Wildman–Crippen MR) is 88.6 cm³/mol. The minimum atomic E-state index is -0.0790. The molecular weight excluding hydrogens is 308 g/mol. The van der Waals surface area contributed by atoms with Gasteiger partial charge in [0.15, 0.2) is 0 Å². The third kappa shape index (κ3) is 4.04. The van der Waals surface area contributed by atoms with Gasteiger partial charge in [0.05, 0.1) is 12.5 Å². The van der Waals surface area contributed by atoms with Gasteiger partial charge in [-0.1, -0.05) is 0 Å². The van der Waals surface area contributed by atoms with Crippen LogP contribution in [0.2, 0.25) is 0 Å². The molecule has 2 aromatic heterocycles. The summed E-state index contributed by atoms with van der Waals surface area (Å²) in [4.78, 5) is 27.7. The lowest BCUT2D eigenvalue weighted by Crippen LogP contribution is -2.49. The number of amides is 2. The Kier molecular flexibility index (Phi) is 4.96. The van der Waals surface area contributed by atoms with Crippen LogP contribution in [-0.4, -0.2) is 47.8 Å². The smallest absolute Gasteiger partial charge is 0.246 e. The van der Waals surface area contributed by atoms with Crippen LogP contribution in [0.5, 0.6) is 0 Å². The van der Waals surface area contributed by atoms with Crippen LogP contribution in [0.3, 0.4) is 0 Å². The van der Waals surface area contributed by atoms with Crippen LogP contribution in [0.4, 0.5) is 0 Å². The summed E-state index contributed by atoms with van der Waals surface area (Å²) in [5.74, 6) is 1.12. The highest BCUT2D eigenvalue weighted by molar-refractivity contribution is 5.93. The molecule has 2 aromatic rings. The monoisotopic (exact) mass is 326 g/mol. The van der Waals surface area contributed by atoms with E-state index in [1.54, 1.807) is 58.7 Å². The van der Waals surface area contributed by atoms with Gasteiger partial charge in [0.1, 0.15) is 11.5 Å². The first kappa shape index (κ1) is 15.9. The van der Waals surface area contributed by atoms with Gasteiger partial charge in [0.2, 0.25) is 11.8 Å². The van der Waals surface area contributed by atoms with E-state index in [4.69, 9.17) is 8.83 Å². The first-order valence-electron chi connectivity index (χ1n) is 7.73. The van der Waals surface area contributed by atoms with Crippen LogP contribution >= 0.6 is 0 Å². The Balaban J connectivity index is 1.48. The number of carbonyl (C=O) groups excluding carboxylic acids is 2. The van der Waals surface area contributed by atoms with Crippen LogP contribution in [0.1, 0.15) is 11.5 Å². The minimum absolute atomic E-state index is 0.0790. The van der Waals surface area contributed by atoms with Gasteiger partial charge in [-0.2, -0.15) is 0 Å². The Morgan fingerprint density at radius 2 is 1.21 bits per heavy atom. The number of hydrogen-bond donors (Lipinski definition) is 0. The van der Waals surface area contributed by atoms with E-state index >= 15 is 0 Å². The predicted octanol–water partition coefficient (Wildman–Crippen LogP) is 2.27. The maximum Gasteiger partial charge on any atom is 0.246 e. The maximum atomic E-state index is 12.1. The SMILES string of the molecule is O=C(C=Cc1ccco1)N1CCN(C(=O)C=Cc2ccco2)CC1. The molecule has 0 saturated carbocycles. The molecule has 0 radical (unpaired) electrons.